The van der Waals surface area contributed by atoms with E-state index < -0.39 is 10.0 Å². The SMILES string of the molecule is Cc1noc(C)c1S(=O)(=O)N1CCC(Oc2ccc3c(c2)CCN(C2CCC2)CC3)CC1. The smallest absolute Gasteiger partial charge is 0.248 e. The number of benzene rings is 1. The minimum Gasteiger partial charge on any atom is -0.490 e. The third-order valence-electron chi connectivity index (χ3n) is 7.37. The van der Waals surface area contributed by atoms with Crippen molar-refractivity contribution < 1.29 is 17.7 Å². The lowest BCUT2D eigenvalue weighted by atomic mass is 9.91. The Kier molecular flexibility index (Phi) is 6.03. The van der Waals surface area contributed by atoms with E-state index in [0.717, 1.165) is 37.7 Å². The molecule has 0 radical (unpaired) electrons. The summed E-state index contributed by atoms with van der Waals surface area (Å²) in [7, 11) is -3.59. The maximum absolute atomic E-state index is 13.0. The maximum Gasteiger partial charge on any atom is 0.248 e. The second kappa shape index (κ2) is 8.80. The van der Waals surface area contributed by atoms with Crippen LogP contribution < -0.4 is 4.74 Å². The molecule has 3 heterocycles. The zero-order valence-corrected chi connectivity index (χ0v) is 19.9. The number of hydrogen-bond donors (Lipinski definition) is 0. The molecule has 1 aromatic carbocycles. The van der Waals surface area contributed by atoms with Crippen LogP contribution in [0.15, 0.2) is 27.6 Å². The first-order chi connectivity index (χ1) is 15.4. The lowest BCUT2D eigenvalue weighted by molar-refractivity contribution is 0.133. The van der Waals surface area contributed by atoms with Crippen LogP contribution in [0.5, 0.6) is 5.75 Å². The normalized spacial score (nSPS) is 21.7. The lowest BCUT2D eigenvalue weighted by Crippen LogP contribution is -2.42. The average Bonchev–Trinajstić information content (AvgIpc) is 2.95. The molecule has 174 valence electrons. The molecule has 2 fully saturated rings. The van der Waals surface area contributed by atoms with Gasteiger partial charge < -0.3 is 9.26 Å². The number of aromatic nitrogens is 1. The Labute approximate surface area is 190 Å². The fourth-order valence-electron chi connectivity index (χ4n) is 5.26. The van der Waals surface area contributed by atoms with Crippen molar-refractivity contribution >= 4 is 10.0 Å². The van der Waals surface area contributed by atoms with E-state index in [9.17, 15) is 8.42 Å². The van der Waals surface area contributed by atoms with Crippen LogP contribution in [-0.2, 0) is 22.9 Å². The summed E-state index contributed by atoms with van der Waals surface area (Å²) in [6.07, 6.45) is 7.67. The molecule has 3 aliphatic rings. The van der Waals surface area contributed by atoms with Crippen molar-refractivity contribution in [1.29, 1.82) is 0 Å². The summed E-state index contributed by atoms with van der Waals surface area (Å²) in [5.74, 6) is 1.26. The number of ether oxygens (including phenoxy) is 1. The number of piperidine rings is 1. The second-order valence-corrected chi connectivity index (χ2v) is 11.3. The molecule has 0 atom stereocenters. The first-order valence-electron chi connectivity index (χ1n) is 11.9. The molecule has 1 aromatic heterocycles. The standard InChI is InChI=1S/C24H33N3O4S/c1-17-24(18(2)31-25-17)32(28,29)27-14-10-22(11-15-27)30-23-7-6-19-8-12-26(21-4-3-5-21)13-9-20(19)16-23/h6-7,16,21-22H,3-5,8-15H2,1-2H3. The molecule has 1 aliphatic carbocycles. The van der Waals surface area contributed by atoms with Crippen LogP contribution in [0, 0.1) is 13.8 Å². The lowest BCUT2D eigenvalue weighted by Gasteiger charge is -2.36. The van der Waals surface area contributed by atoms with Crippen molar-refractivity contribution in [1.82, 2.24) is 14.4 Å². The molecular weight excluding hydrogens is 426 g/mol. The van der Waals surface area contributed by atoms with Gasteiger partial charge in [-0.15, -0.1) is 0 Å². The number of hydrogen-bond acceptors (Lipinski definition) is 6. The molecule has 2 aromatic rings. The maximum atomic E-state index is 13.0. The van der Waals surface area contributed by atoms with Gasteiger partial charge in [0.25, 0.3) is 0 Å². The zero-order valence-electron chi connectivity index (χ0n) is 19.0. The van der Waals surface area contributed by atoms with Crippen LogP contribution in [0.2, 0.25) is 0 Å². The van der Waals surface area contributed by atoms with Crippen LogP contribution in [0.4, 0.5) is 0 Å². The highest BCUT2D eigenvalue weighted by atomic mass is 32.2. The van der Waals surface area contributed by atoms with Crippen LogP contribution >= 0.6 is 0 Å². The number of rotatable bonds is 5. The summed E-state index contributed by atoms with van der Waals surface area (Å²) < 4.78 is 39.0. The highest BCUT2D eigenvalue weighted by molar-refractivity contribution is 7.89. The third-order valence-corrected chi connectivity index (χ3v) is 9.52. The van der Waals surface area contributed by atoms with E-state index in [-0.39, 0.29) is 11.0 Å². The highest BCUT2D eigenvalue weighted by Crippen LogP contribution is 2.30. The van der Waals surface area contributed by atoms with Crippen molar-refractivity contribution in [3.8, 4) is 5.75 Å². The van der Waals surface area contributed by atoms with Crippen molar-refractivity contribution in [2.75, 3.05) is 26.2 Å². The molecule has 32 heavy (non-hydrogen) atoms. The monoisotopic (exact) mass is 459 g/mol. The molecule has 1 saturated carbocycles. The largest absolute Gasteiger partial charge is 0.490 e. The molecule has 0 amide bonds. The minimum absolute atomic E-state index is 0.0291. The van der Waals surface area contributed by atoms with Gasteiger partial charge in [0.15, 0.2) is 5.76 Å². The minimum atomic E-state index is -3.59. The molecule has 7 nitrogen and oxygen atoms in total. The van der Waals surface area contributed by atoms with E-state index in [1.165, 1.54) is 34.7 Å². The summed E-state index contributed by atoms with van der Waals surface area (Å²) in [5.41, 5.74) is 3.27. The predicted molar refractivity (Wildman–Crippen MR) is 121 cm³/mol. The van der Waals surface area contributed by atoms with Crippen LogP contribution in [0.25, 0.3) is 0 Å². The third kappa shape index (κ3) is 4.20. The fourth-order valence-corrected chi connectivity index (χ4v) is 7.02. The Morgan fingerprint density at radius 3 is 2.34 bits per heavy atom. The van der Waals surface area contributed by atoms with Crippen molar-refractivity contribution in [2.45, 2.75) is 75.8 Å². The Morgan fingerprint density at radius 1 is 1.00 bits per heavy atom. The van der Waals surface area contributed by atoms with Crippen molar-refractivity contribution in [3.05, 3.63) is 40.8 Å². The Bertz CT molecular complexity index is 1050. The van der Waals surface area contributed by atoms with Gasteiger partial charge in [-0.2, -0.15) is 4.31 Å². The topological polar surface area (TPSA) is 75.9 Å². The van der Waals surface area contributed by atoms with E-state index >= 15 is 0 Å². The van der Waals surface area contributed by atoms with E-state index in [2.05, 4.69) is 28.3 Å². The Hall–Kier alpha value is -1.90. The van der Waals surface area contributed by atoms with Gasteiger partial charge in [-0.05, 0) is 75.6 Å². The average molecular weight is 460 g/mol. The molecule has 0 N–H and O–H groups in total. The molecule has 1 saturated heterocycles. The number of sulfonamides is 1. The summed E-state index contributed by atoms with van der Waals surface area (Å²) in [5, 5.41) is 3.80. The Balaban J connectivity index is 1.19. The molecular formula is C24H33N3O4S. The van der Waals surface area contributed by atoms with E-state index in [0.29, 0.717) is 37.4 Å². The quantitative estimate of drug-likeness (QED) is 0.681. The zero-order chi connectivity index (χ0) is 22.3. The van der Waals surface area contributed by atoms with Gasteiger partial charge in [-0.1, -0.05) is 17.6 Å². The second-order valence-electron chi connectivity index (χ2n) is 9.43. The summed E-state index contributed by atoms with van der Waals surface area (Å²) in [6, 6.07) is 7.33. The summed E-state index contributed by atoms with van der Waals surface area (Å²) >= 11 is 0. The number of fused-ring (bicyclic) bond motifs is 1. The Morgan fingerprint density at radius 2 is 1.72 bits per heavy atom. The molecule has 0 spiro atoms. The van der Waals surface area contributed by atoms with Gasteiger partial charge >= 0.3 is 0 Å². The van der Waals surface area contributed by atoms with E-state index in [1.807, 2.05) is 0 Å². The molecule has 0 bridgehead atoms. The highest BCUT2D eigenvalue weighted by Gasteiger charge is 2.34. The van der Waals surface area contributed by atoms with Gasteiger partial charge in [-0.25, -0.2) is 8.42 Å². The number of nitrogens with zero attached hydrogens (tertiary/aromatic N) is 3. The molecule has 5 rings (SSSR count). The van der Waals surface area contributed by atoms with E-state index in [4.69, 9.17) is 9.26 Å². The molecule has 0 unspecified atom stereocenters. The first-order valence-corrected chi connectivity index (χ1v) is 13.3. The molecule has 8 heteroatoms. The number of aryl methyl sites for hydroxylation is 2. The fraction of sp³-hybridized carbons (Fsp3) is 0.625. The van der Waals surface area contributed by atoms with Gasteiger partial charge in [0.05, 0.1) is 0 Å². The molecule has 2 aliphatic heterocycles. The van der Waals surface area contributed by atoms with Crippen LogP contribution in [0.1, 0.15) is 54.7 Å². The van der Waals surface area contributed by atoms with Crippen molar-refractivity contribution in [3.63, 3.8) is 0 Å². The van der Waals surface area contributed by atoms with Gasteiger partial charge in [0, 0.05) is 32.2 Å². The summed E-state index contributed by atoms with van der Waals surface area (Å²) in [6.45, 7) is 6.50. The van der Waals surface area contributed by atoms with Gasteiger partial charge in [0.2, 0.25) is 10.0 Å². The van der Waals surface area contributed by atoms with Crippen LogP contribution in [-0.4, -0.2) is 61.1 Å². The summed E-state index contributed by atoms with van der Waals surface area (Å²) in [4.78, 5) is 2.87. The van der Waals surface area contributed by atoms with Gasteiger partial charge in [0.1, 0.15) is 22.4 Å². The first kappa shape index (κ1) is 21.9. The van der Waals surface area contributed by atoms with Crippen LogP contribution in [0.3, 0.4) is 0 Å². The van der Waals surface area contributed by atoms with Gasteiger partial charge in [-0.3, -0.25) is 4.90 Å². The van der Waals surface area contributed by atoms with Crippen molar-refractivity contribution in [2.24, 2.45) is 0 Å². The predicted octanol–water partition coefficient (Wildman–Crippen LogP) is 3.48. The van der Waals surface area contributed by atoms with E-state index in [1.54, 1.807) is 13.8 Å².